The molecule has 0 amide bonds. The second-order valence-corrected chi connectivity index (χ2v) is 8.29. The van der Waals surface area contributed by atoms with Gasteiger partial charge in [0, 0.05) is 0 Å². The first-order chi connectivity index (χ1) is 12.0. The summed E-state index contributed by atoms with van der Waals surface area (Å²) < 4.78 is 26.1. The minimum absolute atomic E-state index is 0.588. The Hall–Kier alpha value is -0.960. The average Bonchev–Trinajstić information content (AvgIpc) is 3.33. The third kappa shape index (κ3) is 2.93. The summed E-state index contributed by atoms with van der Waals surface area (Å²) in [6, 6.07) is 14.7. The minimum atomic E-state index is -1.03. The molecule has 4 nitrogen and oxygen atoms in total. The van der Waals surface area contributed by atoms with Crippen molar-refractivity contribution in [2.75, 3.05) is 0 Å². The molecular formula is C17H8Br4O4. The number of hydrogen-bond acceptors (Lipinski definition) is 4. The Morgan fingerprint density at radius 3 is 0.840 bits per heavy atom. The Labute approximate surface area is 176 Å². The van der Waals surface area contributed by atoms with Crippen molar-refractivity contribution in [2.45, 2.75) is 5.41 Å². The quantitative estimate of drug-likeness (QED) is 0.245. The molecule has 0 aromatic carbocycles. The van der Waals surface area contributed by atoms with Crippen LogP contribution in [0.5, 0.6) is 0 Å². The molecule has 4 rings (SSSR count). The smallest absolute Gasteiger partial charge is 0.201 e. The molecule has 0 saturated heterocycles. The van der Waals surface area contributed by atoms with Gasteiger partial charge >= 0.3 is 0 Å². The molecule has 0 fully saturated rings. The van der Waals surface area contributed by atoms with Crippen LogP contribution in [0, 0.1) is 0 Å². The maximum absolute atomic E-state index is 5.93. The molecule has 0 spiro atoms. The van der Waals surface area contributed by atoms with Gasteiger partial charge in [0.1, 0.15) is 23.0 Å². The second-order valence-electron chi connectivity index (χ2n) is 5.17. The van der Waals surface area contributed by atoms with E-state index >= 15 is 0 Å². The van der Waals surface area contributed by atoms with E-state index in [1.165, 1.54) is 0 Å². The van der Waals surface area contributed by atoms with Crippen LogP contribution < -0.4 is 0 Å². The molecule has 128 valence electrons. The Kier molecular flexibility index (Phi) is 4.64. The van der Waals surface area contributed by atoms with Crippen LogP contribution >= 0.6 is 63.7 Å². The van der Waals surface area contributed by atoms with Crippen LogP contribution in [0.3, 0.4) is 0 Å². The molecule has 0 bridgehead atoms. The van der Waals surface area contributed by atoms with Crippen LogP contribution in [-0.2, 0) is 5.41 Å². The van der Waals surface area contributed by atoms with Gasteiger partial charge in [0.25, 0.3) is 0 Å². The standard InChI is InChI=1S/C17H8Br4O4/c18-13-5-1-9(22-13)17(10-2-6-14(19)23-10,11-3-7-15(20)24-11)12-4-8-16(21)25-12/h1-8H. The Morgan fingerprint density at radius 2 is 0.680 bits per heavy atom. The highest BCUT2D eigenvalue weighted by atomic mass is 79.9. The first-order valence-corrected chi connectivity index (χ1v) is 10.2. The zero-order valence-electron chi connectivity index (χ0n) is 12.3. The number of furan rings is 4. The number of hydrogen-bond donors (Lipinski definition) is 0. The minimum Gasteiger partial charge on any atom is -0.452 e. The van der Waals surface area contributed by atoms with Crippen molar-refractivity contribution in [1.82, 2.24) is 0 Å². The van der Waals surface area contributed by atoms with Crippen LogP contribution in [0.15, 0.2) is 84.9 Å². The van der Waals surface area contributed by atoms with E-state index in [4.69, 9.17) is 17.7 Å². The third-order valence-electron chi connectivity index (χ3n) is 3.77. The van der Waals surface area contributed by atoms with Crippen LogP contribution in [-0.4, -0.2) is 0 Å². The third-order valence-corrected chi connectivity index (χ3v) is 5.48. The fourth-order valence-corrected chi connectivity index (χ4v) is 4.02. The van der Waals surface area contributed by atoms with Gasteiger partial charge in [-0.3, -0.25) is 0 Å². The predicted octanol–water partition coefficient (Wildman–Crippen LogP) is 7.49. The molecule has 4 heterocycles. The lowest BCUT2D eigenvalue weighted by atomic mass is 9.77. The number of halogens is 4. The molecule has 0 radical (unpaired) electrons. The highest BCUT2D eigenvalue weighted by molar-refractivity contribution is 9.11. The summed E-state index contributed by atoms with van der Waals surface area (Å²) in [5.41, 5.74) is -1.03. The lowest BCUT2D eigenvalue weighted by Crippen LogP contribution is -2.29. The van der Waals surface area contributed by atoms with E-state index in [2.05, 4.69) is 63.7 Å². The van der Waals surface area contributed by atoms with Gasteiger partial charge in [-0.2, -0.15) is 0 Å². The first kappa shape index (κ1) is 17.5. The summed E-state index contributed by atoms with van der Waals surface area (Å²) in [6.45, 7) is 0. The van der Waals surface area contributed by atoms with Crippen molar-refractivity contribution in [1.29, 1.82) is 0 Å². The molecule has 25 heavy (non-hydrogen) atoms. The fraction of sp³-hybridized carbons (Fsp3) is 0.0588. The molecule has 0 N–H and O–H groups in total. The van der Waals surface area contributed by atoms with Crippen molar-refractivity contribution in [3.05, 3.63) is 90.2 Å². The summed E-state index contributed by atoms with van der Waals surface area (Å²) in [7, 11) is 0. The van der Waals surface area contributed by atoms with Gasteiger partial charge in [0.05, 0.1) is 0 Å². The maximum atomic E-state index is 5.93. The maximum Gasteiger partial charge on any atom is 0.201 e. The van der Waals surface area contributed by atoms with E-state index in [1.807, 2.05) is 48.5 Å². The zero-order chi connectivity index (χ0) is 17.6. The Morgan fingerprint density at radius 1 is 0.440 bits per heavy atom. The van der Waals surface area contributed by atoms with Crippen molar-refractivity contribution in [3.63, 3.8) is 0 Å². The molecule has 8 heteroatoms. The van der Waals surface area contributed by atoms with Crippen molar-refractivity contribution >= 4 is 63.7 Å². The Balaban J connectivity index is 2.11. The average molecular weight is 596 g/mol. The van der Waals surface area contributed by atoms with Gasteiger partial charge in [-0.25, -0.2) is 0 Å². The summed E-state index contributed by atoms with van der Waals surface area (Å²) >= 11 is 13.5. The Bertz CT molecular complexity index is 856. The van der Waals surface area contributed by atoms with Gasteiger partial charge in [-0.1, -0.05) is 0 Å². The summed E-state index contributed by atoms with van der Waals surface area (Å²) in [5.74, 6) is 2.35. The summed E-state index contributed by atoms with van der Waals surface area (Å²) in [6.07, 6.45) is 0. The van der Waals surface area contributed by atoms with E-state index in [-0.39, 0.29) is 0 Å². The molecular weight excluding hydrogens is 588 g/mol. The van der Waals surface area contributed by atoms with Gasteiger partial charge in [0.2, 0.25) is 5.41 Å². The van der Waals surface area contributed by atoms with Crippen LogP contribution in [0.1, 0.15) is 23.0 Å². The van der Waals surface area contributed by atoms with E-state index in [0.717, 1.165) is 0 Å². The molecule has 0 aliphatic heterocycles. The topological polar surface area (TPSA) is 52.6 Å². The molecule has 4 aromatic rings. The van der Waals surface area contributed by atoms with E-state index in [9.17, 15) is 0 Å². The zero-order valence-corrected chi connectivity index (χ0v) is 18.6. The van der Waals surface area contributed by atoms with Crippen molar-refractivity contribution in [3.8, 4) is 0 Å². The normalized spacial score (nSPS) is 12.0. The monoisotopic (exact) mass is 592 g/mol. The van der Waals surface area contributed by atoms with Gasteiger partial charge < -0.3 is 17.7 Å². The van der Waals surface area contributed by atoms with E-state index in [1.54, 1.807) is 0 Å². The predicted molar refractivity (Wildman–Crippen MR) is 105 cm³/mol. The van der Waals surface area contributed by atoms with Gasteiger partial charge in [-0.05, 0) is 112 Å². The highest BCUT2D eigenvalue weighted by Crippen LogP contribution is 2.48. The fourth-order valence-electron chi connectivity index (χ4n) is 2.79. The molecule has 0 aliphatic rings. The van der Waals surface area contributed by atoms with Gasteiger partial charge in [0.15, 0.2) is 18.7 Å². The largest absolute Gasteiger partial charge is 0.452 e. The van der Waals surface area contributed by atoms with Crippen LogP contribution in [0.2, 0.25) is 0 Å². The molecule has 0 saturated carbocycles. The molecule has 0 aliphatic carbocycles. The van der Waals surface area contributed by atoms with Crippen molar-refractivity contribution in [2.24, 2.45) is 0 Å². The van der Waals surface area contributed by atoms with E-state index in [0.29, 0.717) is 41.7 Å². The SMILES string of the molecule is Brc1ccc(C(c2ccc(Br)o2)(c2ccc(Br)o2)c2ccc(Br)o2)o1. The lowest BCUT2D eigenvalue weighted by molar-refractivity contribution is 0.299. The molecule has 0 unspecified atom stereocenters. The second kappa shape index (κ2) is 6.64. The molecule has 0 atom stereocenters. The highest BCUT2D eigenvalue weighted by Gasteiger charge is 2.50. The lowest BCUT2D eigenvalue weighted by Gasteiger charge is -2.25. The van der Waals surface area contributed by atoms with Gasteiger partial charge in [-0.15, -0.1) is 0 Å². The molecule has 4 aromatic heterocycles. The summed E-state index contributed by atoms with van der Waals surface area (Å²) in [4.78, 5) is 0. The summed E-state index contributed by atoms with van der Waals surface area (Å²) in [5, 5.41) is 0. The first-order valence-electron chi connectivity index (χ1n) is 7.03. The van der Waals surface area contributed by atoms with Crippen LogP contribution in [0.4, 0.5) is 0 Å². The number of rotatable bonds is 4. The van der Waals surface area contributed by atoms with E-state index < -0.39 is 5.41 Å². The van der Waals surface area contributed by atoms with Crippen LogP contribution in [0.25, 0.3) is 0 Å². The van der Waals surface area contributed by atoms with Crippen molar-refractivity contribution < 1.29 is 17.7 Å².